The van der Waals surface area contributed by atoms with Crippen molar-refractivity contribution in [3.8, 4) is 5.88 Å². The van der Waals surface area contributed by atoms with Gasteiger partial charge >= 0.3 is 0 Å². The smallest absolute Gasteiger partial charge is 0.296 e. The van der Waals surface area contributed by atoms with E-state index in [1.54, 1.807) is 0 Å². The van der Waals surface area contributed by atoms with Gasteiger partial charge < -0.3 is 4.74 Å². The van der Waals surface area contributed by atoms with Gasteiger partial charge in [-0.2, -0.15) is 0 Å². The summed E-state index contributed by atoms with van der Waals surface area (Å²) in [7, 11) is 1.42. The Balaban J connectivity index is 3.38. The van der Waals surface area contributed by atoms with Crippen LogP contribution in [-0.2, 0) is 0 Å². The van der Waals surface area contributed by atoms with Crippen LogP contribution < -0.4 is 4.74 Å². The highest BCUT2D eigenvalue weighted by atomic mass is 79.9. The zero-order chi connectivity index (χ0) is 10.7. The molecule has 0 saturated heterocycles. The van der Waals surface area contributed by atoms with E-state index in [9.17, 15) is 10.1 Å². The van der Waals surface area contributed by atoms with Gasteiger partial charge in [-0.1, -0.05) is 6.58 Å². The molecule has 0 aliphatic rings. The van der Waals surface area contributed by atoms with Crippen molar-refractivity contribution in [2.45, 2.75) is 0 Å². The lowest BCUT2D eigenvalue weighted by Gasteiger charge is -2.03. The molecule has 1 aromatic heterocycles. The Morgan fingerprint density at radius 3 is 2.86 bits per heavy atom. The number of rotatable bonds is 3. The minimum Gasteiger partial charge on any atom is -0.480 e. The van der Waals surface area contributed by atoms with E-state index in [4.69, 9.17) is 11.3 Å². The summed E-state index contributed by atoms with van der Waals surface area (Å²) < 4.78 is 5.28. The largest absolute Gasteiger partial charge is 0.480 e. The Labute approximate surface area is 88.7 Å². The molecule has 1 radical (unpaired) electrons. The molecule has 0 amide bonds. The Kier molecular flexibility index (Phi) is 3.19. The molecule has 0 saturated carbocycles. The molecule has 1 rings (SSSR count). The molecular weight excluding hydrogens is 252 g/mol. The number of halogens is 1. The summed E-state index contributed by atoms with van der Waals surface area (Å²) in [5.74, 6) is 0.257. The highest BCUT2D eigenvalue weighted by molar-refractivity contribution is 9.10. The number of pyridine rings is 1. The van der Waals surface area contributed by atoms with Crippen LogP contribution in [0.15, 0.2) is 10.5 Å². The van der Waals surface area contributed by atoms with Crippen molar-refractivity contribution in [3.63, 3.8) is 0 Å². The molecule has 0 aromatic carbocycles. The average molecular weight is 258 g/mol. The molecule has 73 valence electrons. The molecule has 0 N–H and O–H groups in total. The van der Waals surface area contributed by atoms with E-state index in [0.29, 0.717) is 4.47 Å². The molecule has 0 fully saturated rings. The molecule has 1 aromatic rings. The maximum atomic E-state index is 10.6. The average Bonchev–Trinajstić information content (AvgIpc) is 2.17. The predicted molar refractivity (Wildman–Crippen MR) is 53.9 cm³/mol. The third-order valence-electron chi connectivity index (χ3n) is 1.50. The number of ether oxygens (including phenoxy) is 1. The monoisotopic (exact) mass is 257 g/mol. The van der Waals surface area contributed by atoms with E-state index < -0.39 is 4.92 Å². The molecule has 0 spiro atoms. The van der Waals surface area contributed by atoms with Crippen LogP contribution in [0.4, 0.5) is 5.69 Å². The van der Waals surface area contributed by atoms with Crippen LogP contribution in [0.1, 0.15) is 5.69 Å². The van der Waals surface area contributed by atoms with Crippen LogP contribution in [0.2, 0.25) is 0 Å². The highest BCUT2D eigenvalue weighted by Gasteiger charge is 2.16. The Hall–Kier alpha value is -1.43. The maximum Gasteiger partial charge on any atom is 0.296 e. The number of nitro groups is 1. The van der Waals surface area contributed by atoms with Crippen molar-refractivity contribution in [3.05, 3.63) is 32.9 Å². The van der Waals surface area contributed by atoms with Gasteiger partial charge in [0.15, 0.2) is 0 Å². The van der Waals surface area contributed by atoms with E-state index in [2.05, 4.69) is 20.9 Å². The summed E-state index contributed by atoms with van der Waals surface area (Å²) in [6.07, 6.45) is 1.06. The van der Waals surface area contributed by atoms with Crippen molar-refractivity contribution in [2.75, 3.05) is 7.11 Å². The Morgan fingerprint density at radius 2 is 2.43 bits per heavy atom. The molecule has 0 atom stereocenters. The summed E-state index contributed by atoms with van der Waals surface area (Å²) in [6.45, 7) is 5.20. The van der Waals surface area contributed by atoms with Crippen molar-refractivity contribution in [1.82, 2.24) is 4.98 Å². The maximum absolute atomic E-state index is 10.6. The van der Waals surface area contributed by atoms with Crippen molar-refractivity contribution in [1.29, 1.82) is 0 Å². The molecule has 0 aliphatic carbocycles. The van der Waals surface area contributed by atoms with Crippen LogP contribution in [0.3, 0.4) is 0 Å². The third-order valence-corrected chi connectivity index (χ3v) is 2.07. The predicted octanol–water partition coefficient (Wildman–Crippen LogP) is 2.21. The van der Waals surface area contributed by atoms with Gasteiger partial charge in [0, 0.05) is 6.07 Å². The molecule has 6 heteroatoms. The van der Waals surface area contributed by atoms with Crippen molar-refractivity contribution >= 4 is 27.7 Å². The lowest BCUT2D eigenvalue weighted by atomic mass is 10.3. The van der Waals surface area contributed by atoms with Crippen LogP contribution in [-0.4, -0.2) is 17.0 Å². The first kappa shape index (κ1) is 10.6. The highest BCUT2D eigenvalue weighted by Crippen LogP contribution is 2.29. The lowest BCUT2D eigenvalue weighted by Crippen LogP contribution is -1.97. The van der Waals surface area contributed by atoms with E-state index in [0.717, 1.165) is 6.08 Å². The zero-order valence-corrected chi connectivity index (χ0v) is 8.82. The van der Waals surface area contributed by atoms with Crippen LogP contribution in [0, 0.1) is 16.7 Å². The number of methoxy groups -OCH3 is 1. The van der Waals surface area contributed by atoms with Gasteiger partial charge in [-0.25, -0.2) is 4.98 Å². The minimum atomic E-state index is -0.560. The van der Waals surface area contributed by atoms with Gasteiger partial charge in [0.05, 0.1) is 16.5 Å². The van der Waals surface area contributed by atoms with Gasteiger partial charge in [0.25, 0.3) is 5.69 Å². The number of hydrogen-bond acceptors (Lipinski definition) is 4. The summed E-state index contributed by atoms with van der Waals surface area (Å²) in [5, 5.41) is 10.6. The molecule has 0 aliphatic heterocycles. The van der Waals surface area contributed by atoms with Gasteiger partial charge in [0.1, 0.15) is 5.69 Å². The van der Waals surface area contributed by atoms with Gasteiger partial charge in [-0.3, -0.25) is 10.1 Å². The minimum absolute atomic E-state index is 0.0788. The lowest BCUT2D eigenvalue weighted by molar-refractivity contribution is -0.385. The van der Waals surface area contributed by atoms with E-state index in [1.165, 1.54) is 13.2 Å². The normalized spacial score (nSPS) is 9.57. The molecular formula is C8H6BrN2O3. The summed E-state index contributed by atoms with van der Waals surface area (Å²) in [4.78, 5) is 13.8. The van der Waals surface area contributed by atoms with Gasteiger partial charge in [0.2, 0.25) is 5.88 Å². The fourth-order valence-electron chi connectivity index (χ4n) is 0.888. The molecule has 14 heavy (non-hydrogen) atoms. The van der Waals surface area contributed by atoms with Crippen molar-refractivity contribution in [2.24, 2.45) is 0 Å². The summed E-state index contributed by atoms with van der Waals surface area (Å²) in [6, 6.07) is 1.30. The molecule has 0 bridgehead atoms. The second-order valence-corrected chi connectivity index (χ2v) is 3.16. The number of nitrogens with zero attached hydrogens (tertiary/aromatic N) is 2. The molecule has 1 heterocycles. The fourth-order valence-corrected chi connectivity index (χ4v) is 1.36. The van der Waals surface area contributed by atoms with E-state index in [-0.39, 0.29) is 17.3 Å². The fraction of sp³-hybridized carbons (Fsp3) is 0.125. The quantitative estimate of drug-likeness (QED) is 0.615. The van der Waals surface area contributed by atoms with Crippen molar-refractivity contribution < 1.29 is 9.66 Å². The molecule has 5 nitrogen and oxygen atoms in total. The van der Waals surface area contributed by atoms with E-state index in [1.807, 2.05) is 0 Å². The second kappa shape index (κ2) is 4.19. The summed E-state index contributed by atoms with van der Waals surface area (Å²) in [5.41, 5.74) is -0.0878. The van der Waals surface area contributed by atoms with Gasteiger partial charge in [-0.15, -0.1) is 0 Å². The summed E-state index contributed by atoms with van der Waals surface area (Å²) >= 11 is 3.09. The van der Waals surface area contributed by atoms with Crippen LogP contribution >= 0.6 is 15.9 Å². The van der Waals surface area contributed by atoms with Crippen LogP contribution in [0.5, 0.6) is 5.88 Å². The Bertz CT molecular complexity index is 392. The standard InChI is InChI=1S/C8H6BrN2O3/c1-3-6-7(11(12)13)4-5(9)8(10-6)14-2/h1,3-4H,2H3. The second-order valence-electron chi connectivity index (χ2n) is 2.31. The zero-order valence-electron chi connectivity index (χ0n) is 7.23. The van der Waals surface area contributed by atoms with Crippen LogP contribution in [0.25, 0.3) is 6.08 Å². The van der Waals surface area contributed by atoms with E-state index >= 15 is 0 Å². The Morgan fingerprint density at radius 1 is 1.79 bits per heavy atom. The number of hydrogen-bond donors (Lipinski definition) is 0. The topological polar surface area (TPSA) is 65.3 Å². The first-order valence-electron chi connectivity index (χ1n) is 3.54. The SMILES string of the molecule is [CH]=Cc1nc(OC)c(Br)cc1[N+](=O)[O-]. The number of aromatic nitrogens is 1. The third kappa shape index (κ3) is 1.90. The molecule has 0 unspecified atom stereocenters. The van der Waals surface area contributed by atoms with Gasteiger partial charge in [-0.05, 0) is 22.0 Å². The first-order chi connectivity index (χ1) is 6.60. The first-order valence-corrected chi connectivity index (χ1v) is 4.33.